The second kappa shape index (κ2) is 8.37. The first-order valence-electron chi connectivity index (χ1n) is 8.05. The average Bonchev–Trinajstić information content (AvgIpc) is 2.46. The second-order valence-corrected chi connectivity index (χ2v) is 6.27. The molecule has 0 aromatic rings. The van der Waals surface area contributed by atoms with Crippen molar-refractivity contribution < 1.29 is 14.3 Å². The van der Waals surface area contributed by atoms with Crippen LogP contribution >= 0.6 is 0 Å². The number of hydrogen-bond acceptors (Lipinski definition) is 4. The molecule has 0 atom stereocenters. The average molecular weight is 298 g/mol. The van der Waals surface area contributed by atoms with Gasteiger partial charge in [-0.15, -0.1) is 0 Å². The summed E-state index contributed by atoms with van der Waals surface area (Å²) < 4.78 is 4.72. The third-order valence-electron chi connectivity index (χ3n) is 4.91. The SMILES string of the molecule is CCC(CC)CN(CC(=O)OC)C(=O)CC1(CN)CCC1. The van der Waals surface area contributed by atoms with Crippen molar-refractivity contribution in [1.29, 1.82) is 0 Å². The van der Waals surface area contributed by atoms with Crippen LogP contribution in [-0.2, 0) is 14.3 Å². The molecule has 1 amide bonds. The highest BCUT2D eigenvalue weighted by Crippen LogP contribution is 2.43. The van der Waals surface area contributed by atoms with Crippen molar-refractivity contribution in [2.75, 3.05) is 26.7 Å². The molecule has 122 valence electrons. The molecule has 0 saturated heterocycles. The maximum absolute atomic E-state index is 12.6. The molecule has 21 heavy (non-hydrogen) atoms. The summed E-state index contributed by atoms with van der Waals surface area (Å²) in [5, 5.41) is 0. The van der Waals surface area contributed by atoms with Crippen molar-refractivity contribution >= 4 is 11.9 Å². The molecule has 0 unspecified atom stereocenters. The lowest BCUT2D eigenvalue weighted by molar-refractivity contribution is -0.148. The van der Waals surface area contributed by atoms with Crippen LogP contribution in [0, 0.1) is 11.3 Å². The zero-order valence-corrected chi connectivity index (χ0v) is 13.7. The quantitative estimate of drug-likeness (QED) is 0.660. The Bertz CT molecular complexity index is 344. The topological polar surface area (TPSA) is 72.6 Å². The first-order valence-corrected chi connectivity index (χ1v) is 8.05. The predicted octanol–water partition coefficient (Wildman–Crippen LogP) is 1.94. The minimum Gasteiger partial charge on any atom is -0.468 e. The van der Waals surface area contributed by atoms with Gasteiger partial charge in [0.2, 0.25) is 5.91 Å². The summed E-state index contributed by atoms with van der Waals surface area (Å²) in [5.74, 6) is 0.107. The van der Waals surface area contributed by atoms with Gasteiger partial charge in [-0.25, -0.2) is 0 Å². The first-order chi connectivity index (χ1) is 10.00. The summed E-state index contributed by atoms with van der Waals surface area (Å²) in [6, 6.07) is 0. The van der Waals surface area contributed by atoms with E-state index in [1.165, 1.54) is 7.11 Å². The minimum atomic E-state index is -0.357. The smallest absolute Gasteiger partial charge is 0.325 e. The molecule has 0 heterocycles. The van der Waals surface area contributed by atoms with Crippen LogP contribution in [0.2, 0.25) is 0 Å². The van der Waals surface area contributed by atoms with Crippen molar-refractivity contribution in [1.82, 2.24) is 4.90 Å². The van der Waals surface area contributed by atoms with E-state index in [1.54, 1.807) is 4.90 Å². The van der Waals surface area contributed by atoms with Crippen LogP contribution < -0.4 is 5.73 Å². The molecule has 2 N–H and O–H groups in total. The van der Waals surface area contributed by atoms with Crippen molar-refractivity contribution in [2.45, 2.75) is 52.4 Å². The summed E-state index contributed by atoms with van der Waals surface area (Å²) in [5.41, 5.74) is 5.81. The molecule has 1 rings (SSSR count). The molecule has 0 aliphatic heterocycles. The number of carbonyl (C=O) groups excluding carboxylic acids is 2. The van der Waals surface area contributed by atoms with E-state index < -0.39 is 0 Å². The standard InChI is InChI=1S/C16H30N2O3/c1-4-13(5-2)10-18(11-15(20)21-3)14(19)9-16(12-17)7-6-8-16/h13H,4-12,17H2,1-3H3. The van der Waals surface area contributed by atoms with Gasteiger partial charge >= 0.3 is 5.97 Å². The number of methoxy groups -OCH3 is 1. The summed E-state index contributed by atoms with van der Waals surface area (Å²) >= 11 is 0. The fourth-order valence-electron chi connectivity index (χ4n) is 2.90. The van der Waals surface area contributed by atoms with Gasteiger partial charge in [-0.3, -0.25) is 9.59 Å². The number of nitrogens with two attached hydrogens (primary N) is 1. The van der Waals surface area contributed by atoms with Gasteiger partial charge in [0.25, 0.3) is 0 Å². The van der Waals surface area contributed by atoms with E-state index in [-0.39, 0.29) is 23.8 Å². The Morgan fingerprint density at radius 3 is 2.29 bits per heavy atom. The van der Waals surface area contributed by atoms with Crippen LogP contribution in [0.5, 0.6) is 0 Å². The van der Waals surface area contributed by atoms with Crippen LogP contribution in [0.4, 0.5) is 0 Å². The molecule has 5 nitrogen and oxygen atoms in total. The zero-order valence-electron chi connectivity index (χ0n) is 13.7. The van der Waals surface area contributed by atoms with Gasteiger partial charge in [0.15, 0.2) is 0 Å². The van der Waals surface area contributed by atoms with Crippen LogP contribution in [0.15, 0.2) is 0 Å². The van der Waals surface area contributed by atoms with Crippen molar-refractivity contribution in [2.24, 2.45) is 17.1 Å². The molecule has 0 spiro atoms. The van der Waals surface area contributed by atoms with Gasteiger partial charge in [-0.1, -0.05) is 33.1 Å². The van der Waals surface area contributed by atoms with Crippen molar-refractivity contribution in [3.63, 3.8) is 0 Å². The van der Waals surface area contributed by atoms with E-state index in [9.17, 15) is 9.59 Å². The molecule has 1 fully saturated rings. The molecule has 1 saturated carbocycles. The highest BCUT2D eigenvalue weighted by molar-refractivity contribution is 5.82. The number of nitrogens with zero attached hydrogens (tertiary/aromatic N) is 1. The van der Waals surface area contributed by atoms with Crippen LogP contribution in [0.1, 0.15) is 52.4 Å². The largest absolute Gasteiger partial charge is 0.468 e. The minimum absolute atomic E-state index is 0.0284. The summed E-state index contributed by atoms with van der Waals surface area (Å²) in [4.78, 5) is 25.8. The zero-order chi connectivity index (χ0) is 15.9. The number of esters is 1. The van der Waals surface area contributed by atoms with E-state index in [2.05, 4.69) is 13.8 Å². The Hall–Kier alpha value is -1.10. The molecule has 0 bridgehead atoms. The van der Waals surface area contributed by atoms with Gasteiger partial charge < -0.3 is 15.4 Å². The molecule has 0 aromatic heterocycles. The predicted molar refractivity (Wildman–Crippen MR) is 82.6 cm³/mol. The number of carbonyl (C=O) groups is 2. The van der Waals surface area contributed by atoms with E-state index in [4.69, 9.17) is 10.5 Å². The molecule has 5 heteroatoms. The van der Waals surface area contributed by atoms with Gasteiger partial charge in [-0.2, -0.15) is 0 Å². The van der Waals surface area contributed by atoms with Crippen LogP contribution in [0.3, 0.4) is 0 Å². The third-order valence-corrected chi connectivity index (χ3v) is 4.91. The molecular weight excluding hydrogens is 268 g/mol. The van der Waals surface area contributed by atoms with Crippen molar-refractivity contribution in [3.05, 3.63) is 0 Å². The Kier molecular flexibility index (Phi) is 7.15. The summed E-state index contributed by atoms with van der Waals surface area (Å²) in [6.45, 7) is 5.45. The van der Waals surface area contributed by atoms with E-state index in [0.29, 0.717) is 25.4 Å². The lowest BCUT2D eigenvalue weighted by Crippen LogP contribution is -2.46. The highest BCUT2D eigenvalue weighted by atomic mass is 16.5. The Morgan fingerprint density at radius 1 is 1.29 bits per heavy atom. The molecule has 1 aliphatic rings. The number of rotatable bonds is 9. The molecular formula is C16H30N2O3. The van der Waals surface area contributed by atoms with E-state index >= 15 is 0 Å². The fraction of sp³-hybridized carbons (Fsp3) is 0.875. The molecule has 1 aliphatic carbocycles. The van der Waals surface area contributed by atoms with E-state index in [1.807, 2.05) is 0 Å². The monoisotopic (exact) mass is 298 g/mol. The van der Waals surface area contributed by atoms with Gasteiger partial charge in [0.1, 0.15) is 6.54 Å². The Balaban J connectivity index is 2.69. The number of ether oxygens (including phenoxy) is 1. The maximum atomic E-state index is 12.6. The Labute approximate surface area is 128 Å². The summed E-state index contributed by atoms with van der Waals surface area (Å²) in [7, 11) is 1.36. The van der Waals surface area contributed by atoms with Gasteiger partial charge in [0, 0.05) is 13.0 Å². The highest BCUT2D eigenvalue weighted by Gasteiger charge is 2.39. The van der Waals surface area contributed by atoms with E-state index in [0.717, 1.165) is 32.1 Å². The van der Waals surface area contributed by atoms with Gasteiger partial charge in [0.05, 0.1) is 7.11 Å². The van der Waals surface area contributed by atoms with Gasteiger partial charge in [-0.05, 0) is 30.7 Å². The first kappa shape index (κ1) is 18.0. The number of hydrogen-bond donors (Lipinski definition) is 1. The number of amides is 1. The van der Waals surface area contributed by atoms with Crippen molar-refractivity contribution in [3.8, 4) is 0 Å². The molecule has 0 aromatic carbocycles. The Morgan fingerprint density at radius 2 is 1.90 bits per heavy atom. The third kappa shape index (κ3) is 4.99. The van der Waals surface area contributed by atoms with Crippen LogP contribution in [-0.4, -0.2) is 43.5 Å². The maximum Gasteiger partial charge on any atom is 0.325 e. The normalized spacial score (nSPS) is 16.4. The fourth-order valence-corrected chi connectivity index (χ4v) is 2.90. The second-order valence-electron chi connectivity index (χ2n) is 6.27. The lowest BCUT2D eigenvalue weighted by Gasteiger charge is -2.41. The van der Waals surface area contributed by atoms with Crippen LogP contribution in [0.25, 0.3) is 0 Å². The molecule has 0 radical (unpaired) electrons. The lowest BCUT2D eigenvalue weighted by atomic mass is 9.66. The summed E-state index contributed by atoms with van der Waals surface area (Å²) in [6.07, 6.45) is 5.65.